The summed E-state index contributed by atoms with van der Waals surface area (Å²) < 4.78 is 5.63. The van der Waals surface area contributed by atoms with E-state index >= 15 is 0 Å². The summed E-state index contributed by atoms with van der Waals surface area (Å²) in [5, 5.41) is 19.3. The van der Waals surface area contributed by atoms with Gasteiger partial charge in [-0.3, -0.25) is 4.79 Å². The number of ketones is 1. The van der Waals surface area contributed by atoms with Crippen molar-refractivity contribution < 1.29 is 19.7 Å². The zero-order chi connectivity index (χ0) is 14.3. The Hall–Kier alpha value is -0.450. The molecular formula is C14H28O4. The van der Waals surface area contributed by atoms with E-state index in [-0.39, 0.29) is 30.3 Å². The second-order valence-electron chi connectivity index (χ2n) is 5.54. The van der Waals surface area contributed by atoms with Crippen molar-refractivity contribution >= 4 is 5.78 Å². The normalized spacial score (nSPS) is 16.9. The maximum atomic E-state index is 11.6. The summed E-state index contributed by atoms with van der Waals surface area (Å²) in [4.78, 5) is 11.6. The summed E-state index contributed by atoms with van der Waals surface area (Å²) in [5.41, 5.74) is 0. The molecule has 0 aromatic carbocycles. The van der Waals surface area contributed by atoms with Gasteiger partial charge in [-0.15, -0.1) is 0 Å². The van der Waals surface area contributed by atoms with Gasteiger partial charge in [0.1, 0.15) is 5.78 Å². The highest BCUT2D eigenvalue weighted by Crippen LogP contribution is 2.16. The third-order valence-electron chi connectivity index (χ3n) is 2.78. The van der Waals surface area contributed by atoms with E-state index in [9.17, 15) is 15.0 Å². The Kier molecular flexibility index (Phi) is 8.40. The molecule has 0 bridgehead atoms. The highest BCUT2D eigenvalue weighted by molar-refractivity contribution is 5.80. The molecule has 3 unspecified atom stereocenters. The number of carbonyl (C=O) groups excluding carboxylic acids is 1. The van der Waals surface area contributed by atoms with Crippen molar-refractivity contribution in [3.8, 4) is 0 Å². The fourth-order valence-corrected chi connectivity index (χ4v) is 1.78. The van der Waals surface area contributed by atoms with Gasteiger partial charge in [-0.2, -0.15) is 0 Å². The average molecular weight is 260 g/mol. The maximum Gasteiger partial charge on any atom is 0.135 e. The van der Waals surface area contributed by atoms with Crippen molar-refractivity contribution in [1.82, 2.24) is 0 Å². The number of hydrogen-bond donors (Lipinski definition) is 2. The van der Waals surface area contributed by atoms with E-state index in [1.165, 1.54) is 0 Å². The minimum Gasteiger partial charge on any atom is -0.393 e. The Bertz CT molecular complexity index is 236. The van der Waals surface area contributed by atoms with Crippen LogP contribution in [-0.4, -0.2) is 40.4 Å². The van der Waals surface area contributed by atoms with Gasteiger partial charge in [0.25, 0.3) is 0 Å². The van der Waals surface area contributed by atoms with Gasteiger partial charge in [0.05, 0.1) is 24.4 Å². The minimum absolute atomic E-state index is 0.00667. The van der Waals surface area contributed by atoms with E-state index < -0.39 is 12.2 Å². The quantitative estimate of drug-likeness (QED) is 0.664. The largest absolute Gasteiger partial charge is 0.393 e. The fourth-order valence-electron chi connectivity index (χ4n) is 1.78. The number of Topliss-reactive ketones (excluding diaryl/α,β-unsaturated/α-hetero) is 1. The zero-order valence-corrected chi connectivity index (χ0v) is 12.2. The van der Waals surface area contributed by atoms with Gasteiger partial charge in [0.15, 0.2) is 0 Å². The lowest BCUT2D eigenvalue weighted by Crippen LogP contribution is -2.34. The van der Waals surface area contributed by atoms with Crippen LogP contribution >= 0.6 is 0 Å². The highest BCUT2D eigenvalue weighted by Gasteiger charge is 2.23. The Morgan fingerprint density at radius 1 is 1.11 bits per heavy atom. The molecule has 3 atom stereocenters. The summed E-state index contributed by atoms with van der Waals surface area (Å²) in [6.45, 7) is 9.16. The average Bonchev–Trinajstić information content (AvgIpc) is 2.21. The van der Waals surface area contributed by atoms with Gasteiger partial charge in [0.2, 0.25) is 0 Å². The van der Waals surface area contributed by atoms with Gasteiger partial charge in [-0.1, -0.05) is 13.8 Å². The van der Waals surface area contributed by atoms with E-state index in [4.69, 9.17) is 4.74 Å². The summed E-state index contributed by atoms with van der Waals surface area (Å²) in [5.74, 6) is 0.190. The van der Waals surface area contributed by atoms with Crippen LogP contribution in [0.1, 0.15) is 53.9 Å². The van der Waals surface area contributed by atoms with Crippen molar-refractivity contribution in [2.45, 2.75) is 78.3 Å². The van der Waals surface area contributed by atoms with Crippen molar-refractivity contribution in [3.63, 3.8) is 0 Å². The summed E-state index contributed by atoms with van der Waals surface area (Å²) >= 11 is 0. The molecule has 0 fully saturated rings. The summed E-state index contributed by atoms with van der Waals surface area (Å²) in [6, 6.07) is 0. The van der Waals surface area contributed by atoms with Crippen LogP contribution in [-0.2, 0) is 9.53 Å². The molecule has 0 amide bonds. The van der Waals surface area contributed by atoms with Crippen LogP contribution in [0.25, 0.3) is 0 Å². The molecule has 0 aromatic heterocycles. The number of rotatable bonds is 9. The SMILES string of the molecule is CC(O)CC(O)C(CCC(=O)C(C)C)OC(C)C. The first-order chi connectivity index (χ1) is 8.23. The van der Waals surface area contributed by atoms with Crippen LogP contribution < -0.4 is 0 Å². The first kappa shape index (κ1) is 17.6. The molecule has 0 rings (SSSR count). The molecule has 0 radical (unpaired) electrons. The van der Waals surface area contributed by atoms with Gasteiger partial charge >= 0.3 is 0 Å². The fraction of sp³-hybridized carbons (Fsp3) is 0.929. The van der Waals surface area contributed by atoms with Crippen LogP contribution in [0.2, 0.25) is 0 Å². The standard InChI is InChI=1S/C14H28O4/c1-9(2)12(16)6-7-14(18-10(3)4)13(17)8-11(5)15/h9-11,13-15,17H,6-8H2,1-5H3. The highest BCUT2D eigenvalue weighted by atomic mass is 16.5. The van der Waals surface area contributed by atoms with E-state index in [1.807, 2.05) is 27.7 Å². The second kappa shape index (κ2) is 8.62. The molecule has 2 N–H and O–H groups in total. The van der Waals surface area contributed by atoms with Crippen molar-refractivity contribution in [2.24, 2.45) is 5.92 Å². The van der Waals surface area contributed by atoms with Crippen LogP contribution in [0.15, 0.2) is 0 Å². The number of aliphatic hydroxyl groups excluding tert-OH is 2. The van der Waals surface area contributed by atoms with E-state index in [0.29, 0.717) is 12.8 Å². The summed E-state index contributed by atoms with van der Waals surface area (Å²) in [7, 11) is 0. The van der Waals surface area contributed by atoms with Crippen LogP contribution in [0, 0.1) is 5.92 Å². The molecule has 18 heavy (non-hydrogen) atoms. The molecular weight excluding hydrogens is 232 g/mol. The Balaban J connectivity index is 4.34. The molecule has 108 valence electrons. The zero-order valence-electron chi connectivity index (χ0n) is 12.2. The molecule has 0 saturated heterocycles. The number of ether oxygens (including phenoxy) is 1. The second-order valence-corrected chi connectivity index (χ2v) is 5.54. The van der Waals surface area contributed by atoms with Crippen LogP contribution in [0.3, 0.4) is 0 Å². The van der Waals surface area contributed by atoms with E-state index in [0.717, 1.165) is 0 Å². The maximum absolute atomic E-state index is 11.6. The predicted molar refractivity (Wildman–Crippen MR) is 71.4 cm³/mol. The first-order valence-electron chi connectivity index (χ1n) is 6.78. The van der Waals surface area contributed by atoms with Gasteiger partial charge < -0.3 is 14.9 Å². The minimum atomic E-state index is -0.729. The molecule has 4 heteroatoms. The first-order valence-corrected chi connectivity index (χ1v) is 6.78. The lowest BCUT2D eigenvalue weighted by Gasteiger charge is -2.26. The number of hydrogen-bond acceptors (Lipinski definition) is 4. The Morgan fingerprint density at radius 2 is 1.67 bits per heavy atom. The monoisotopic (exact) mass is 260 g/mol. The van der Waals surface area contributed by atoms with Gasteiger partial charge in [-0.25, -0.2) is 0 Å². The lowest BCUT2D eigenvalue weighted by atomic mass is 9.98. The summed E-state index contributed by atoms with van der Waals surface area (Å²) in [6.07, 6.45) is -0.510. The van der Waals surface area contributed by atoms with Crippen LogP contribution in [0.4, 0.5) is 0 Å². The van der Waals surface area contributed by atoms with Crippen molar-refractivity contribution in [2.75, 3.05) is 0 Å². The number of carbonyl (C=O) groups is 1. The van der Waals surface area contributed by atoms with Gasteiger partial charge in [-0.05, 0) is 27.2 Å². The molecule has 0 saturated carbocycles. The molecule has 0 aliphatic carbocycles. The molecule has 0 aliphatic heterocycles. The number of aliphatic hydroxyl groups is 2. The van der Waals surface area contributed by atoms with E-state index in [2.05, 4.69) is 0 Å². The Labute approximate surface area is 110 Å². The Morgan fingerprint density at radius 3 is 2.06 bits per heavy atom. The van der Waals surface area contributed by atoms with Crippen LogP contribution in [0.5, 0.6) is 0 Å². The molecule has 0 heterocycles. The van der Waals surface area contributed by atoms with Gasteiger partial charge in [0, 0.05) is 18.8 Å². The molecule has 0 aliphatic rings. The smallest absolute Gasteiger partial charge is 0.135 e. The van der Waals surface area contributed by atoms with Crippen molar-refractivity contribution in [3.05, 3.63) is 0 Å². The molecule has 4 nitrogen and oxygen atoms in total. The third-order valence-corrected chi connectivity index (χ3v) is 2.78. The lowest BCUT2D eigenvalue weighted by molar-refractivity contribution is -0.124. The molecule has 0 spiro atoms. The van der Waals surface area contributed by atoms with E-state index in [1.54, 1.807) is 6.92 Å². The predicted octanol–water partition coefficient (Wildman–Crippen LogP) is 1.92. The van der Waals surface area contributed by atoms with Crippen molar-refractivity contribution in [1.29, 1.82) is 0 Å². The molecule has 0 aromatic rings. The third kappa shape index (κ3) is 7.80. The topological polar surface area (TPSA) is 66.8 Å².